The van der Waals surface area contributed by atoms with Crippen LogP contribution in [0.4, 0.5) is 5.69 Å². The van der Waals surface area contributed by atoms with E-state index in [2.05, 4.69) is 16.7 Å². The van der Waals surface area contributed by atoms with Crippen LogP contribution in [0.1, 0.15) is 11.1 Å². The zero-order valence-electron chi connectivity index (χ0n) is 11.1. The normalized spacial score (nSPS) is 10.8. The highest BCUT2D eigenvalue weighted by Gasteiger charge is 2.14. The van der Waals surface area contributed by atoms with Crippen molar-refractivity contribution in [3.63, 3.8) is 0 Å². The number of benzene rings is 2. The van der Waals surface area contributed by atoms with Gasteiger partial charge in [0, 0.05) is 35.3 Å². The molecule has 0 fully saturated rings. The first-order valence-corrected chi connectivity index (χ1v) is 6.43. The number of aryl methyl sites for hydroxylation is 1. The van der Waals surface area contributed by atoms with Gasteiger partial charge in [0.1, 0.15) is 0 Å². The lowest BCUT2D eigenvalue weighted by molar-refractivity contribution is -0.385. The Morgan fingerprint density at radius 2 is 1.85 bits per heavy atom. The molecule has 1 aromatic heterocycles. The summed E-state index contributed by atoms with van der Waals surface area (Å²) in [5, 5.41) is 11.9. The molecule has 3 aromatic rings. The monoisotopic (exact) mass is 266 g/mol. The fraction of sp³-hybridized carbons (Fsp3) is 0.125. The van der Waals surface area contributed by atoms with Gasteiger partial charge in [-0.15, -0.1) is 0 Å². The summed E-state index contributed by atoms with van der Waals surface area (Å²) < 4.78 is 2.11. The predicted molar refractivity (Wildman–Crippen MR) is 78.9 cm³/mol. The molecule has 0 aliphatic carbocycles. The summed E-state index contributed by atoms with van der Waals surface area (Å²) in [6.45, 7) is 2.56. The highest BCUT2D eigenvalue weighted by Crippen LogP contribution is 2.28. The summed E-state index contributed by atoms with van der Waals surface area (Å²) in [5.41, 5.74) is 3.13. The average Bonchev–Trinajstić information content (AvgIpc) is 2.84. The standard InChI is InChI=1S/C16H14N2O2/c1-12-14-9-10-17(11-13-5-3-2-4-6-13)16(14)8-7-15(12)18(19)20/h2-10H,11H2,1H3. The second-order valence-corrected chi connectivity index (χ2v) is 4.83. The van der Waals surface area contributed by atoms with Crippen molar-refractivity contribution in [2.24, 2.45) is 0 Å². The summed E-state index contributed by atoms with van der Waals surface area (Å²) in [7, 11) is 0. The molecule has 20 heavy (non-hydrogen) atoms. The van der Waals surface area contributed by atoms with Crippen LogP contribution in [-0.2, 0) is 6.54 Å². The Hall–Kier alpha value is -2.62. The van der Waals surface area contributed by atoms with Gasteiger partial charge in [0.2, 0.25) is 0 Å². The van der Waals surface area contributed by atoms with E-state index in [1.165, 1.54) is 5.56 Å². The highest BCUT2D eigenvalue weighted by molar-refractivity contribution is 5.86. The van der Waals surface area contributed by atoms with E-state index in [0.29, 0.717) is 0 Å². The first kappa shape index (κ1) is 12.4. The molecule has 100 valence electrons. The largest absolute Gasteiger partial charge is 0.343 e. The summed E-state index contributed by atoms with van der Waals surface area (Å²) in [6, 6.07) is 15.5. The quantitative estimate of drug-likeness (QED) is 0.533. The first-order valence-electron chi connectivity index (χ1n) is 6.43. The van der Waals surface area contributed by atoms with E-state index in [1.54, 1.807) is 13.0 Å². The minimum Gasteiger partial charge on any atom is -0.343 e. The molecule has 4 heteroatoms. The van der Waals surface area contributed by atoms with Crippen LogP contribution in [0.3, 0.4) is 0 Å². The van der Waals surface area contributed by atoms with Crippen LogP contribution in [0.15, 0.2) is 54.7 Å². The number of hydrogen-bond acceptors (Lipinski definition) is 2. The van der Waals surface area contributed by atoms with E-state index in [0.717, 1.165) is 23.0 Å². The van der Waals surface area contributed by atoms with E-state index >= 15 is 0 Å². The Bertz CT molecular complexity index is 776. The molecule has 0 aliphatic rings. The summed E-state index contributed by atoms with van der Waals surface area (Å²) >= 11 is 0. The molecule has 0 radical (unpaired) electrons. The maximum absolute atomic E-state index is 11.0. The molecule has 3 rings (SSSR count). The van der Waals surface area contributed by atoms with Crippen LogP contribution in [-0.4, -0.2) is 9.49 Å². The van der Waals surface area contributed by atoms with Crippen LogP contribution in [0, 0.1) is 17.0 Å². The number of aromatic nitrogens is 1. The Labute approximate surface area is 116 Å². The molecular formula is C16H14N2O2. The van der Waals surface area contributed by atoms with Crippen LogP contribution in [0.2, 0.25) is 0 Å². The van der Waals surface area contributed by atoms with E-state index < -0.39 is 0 Å². The van der Waals surface area contributed by atoms with E-state index in [1.807, 2.05) is 36.5 Å². The minimum atomic E-state index is -0.330. The van der Waals surface area contributed by atoms with Crippen molar-refractivity contribution in [3.8, 4) is 0 Å². The van der Waals surface area contributed by atoms with E-state index in [-0.39, 0.29) is 10.6 Å². The lowest BCUT2D eigenvalue weighted by Crippen LogP contribution is -1.98. The molecule has 2 aromatic carbocycles. The van der Waals surface area contributed by atoms with Crippen molar-refractivity contribution in [2.45, 2.75) is 13.5 Å². The van der Waals surface area contributed by atoms with Crippen molar-refractivity contribution in [3.05, 3.63) is 76.0 Å². The SMILES string of the molecule is Cc1c([N+](=O)[O-])ccc2c1ccn2Cc1ccccc1. The maximum atomic E-state index is 11.0. The van der Waals surface area contributed by atoms with Crippen molar-refractivity contribution in [1.82, 2.24) is 4.57 Å². The zero-order valence-corrected chi connectivity index (χ0v) is 11.1. The van der Waals surface area contributed by atoms with Gasteiger partial charge in [-0.1, -0.05) is 30.3 Å². The molecule has 0 atom stereocenters. The van der Waals surface area contributed by atoms with Crippen LogP contribution in [0.5, 0.6) is 0 Å². The molecule has 0 bridgehead atoms. The van der Waals surface area contributed by atoms with Gasteiger partial charge in [0.05, 0.1) is 4.92 Å². The predicted octanol–water partition coefficient (Wildman–Crippen LogP) is 3.91. The number of hydrogen-bond donors (Lipinski definition) is 0. The Morgan fingerprint density at radius 3 is 2.55 bits per heavy atom. The number of nitrogens with zero attached hydrogens (tertiary/aromatic N) is 2. The lowest BCUT2D eigenvalue weighted by atomic mass is 10.1. The fourth-order valence-corrected chi connectivity index (χ4v) is 2.52. The molecule has 0 unspecified atom stereocenters. The Balaban J connectivity index is 2.06. The third kappa shape index (κ3) is 2.05. The van der Waals surface area contributed by atoms with Crippen LogP contribution in [0.25, 0.3) is 10.9 Å². The zero-order chi connectivity index (χ0) is 14.1. The van der Waals surface area contributed by atoms with Gasteiger partial charge in [-0.3, -0.25) is 10.1 Å². The summed E-state index contributed by atoms with van der Waals surface area (Å²) in [6.07, 6.45) is 1.98. The smallest absolute Gasteiger partial charge is 0.273 e. The molecule has 0 saturated heterocycles. The van der Waals surface area contributed by atoms with Gasteiger partial charge >= 0.3 is 0 Å². The number of fused-ring (bicyclic) bond motifs is 1. The first-order chi connectivity index (χ1) is 9.66. The summed E-state index contributed by atoms with van der Waals surface area (Å²) in [5.74, 6) is 0. The van der Waals surface area contributed by atoms with Gasteiger partial charge in [-0.05, 0) is 24.6 Å². The van der Waals surface area contributed by atoms with Crippen LogP contribution >= 0.6 is 0 Å². The highest BCUT2D eigenvalue weighted by atomic mass is 16.6. The lowest BCUT2D eigenvalue weighted by Gasteiger charge is -2.06. The van der Waals surface area contributed by atoms with E-state index in [9.17, 15) is 10.1 Å². The molecule has 1 heterocycles. The molecule has 0 N–H and O–H groups in total. The second kappa shape index (κ2) is 4.81. The molecule has 0 aliphatic heterocycles. The third-order valence-electron chi connectivity index (χ3n) is 3.59. The van der Waals surface area contributed by atoms with Crippen molar-refractivity contribution < 1.29 is 4.92 Å². The van der Waals surface area contributed by atoms with Gasteiger partial charge in [-0.25, -0.2) is 0 Å². The minimum absolute atomic E-state index is 0.176. The molecule has 0 amide bonds. The van der Waals surface area contributed by atoms with E-state index in [4.69, 9.17) is 0 Å². The molecule has 4 nitrogen and oxygen atoms in total. The van der Waals surface area contributed by atoms with Crippen molar-refractivity contribution in [1.29, 1.82) is 0 Å². The molecular weight excluding hydrogens is 252 g/mol. The molecule has 0 spiro atoms. The van der Waals surface area contributed by atoms with Crippen molar-refractivity contribution in [2.75, 3.05) is 0 Å². The van der Waals surface area contributed by atoms with Gasteiger partial charge in [0.25, 0.3) is 5.69 Å². The third-order valence-corrected chi connectivity index (χ3v) is 3.59. The van der Waals surface area contributed by atoms with Crippen molar-refractivity contribution >= 4 is 16.6 Å². The number of nitro benzene ring substituents is 1. The van der Waals surface area contributed by atoms with Gasteiger partial charge in [0.15, 0.2) is 0 Å². The average molecular weight is 266 g/mol. The number of rotatable bonds is 3. The Kier molecular flexibility index (Phi) is 2.99. The second-order valence-electron chi connectivity index (χ2n) is 4.83. The van der Waals surface area contributed by atoms with Gasteiger partial charge in [-0.2, -0.15) is 0 Å². The molecule has 0 saturated carbocycles. The maximum Gasteiger partial charge on any atom is 0.273 e. The summed E-state index contributed by atoms with van der Waals surface area (Å²) in [4.78, 5) is 10.6. The van der Waals surface area contributed by atoms with Gasteiger partial charge < -0.3 is 4.57 Å². The Morgan fingerprint density at radius 1 is 1.10 bits per heavy atom. The fourth-order valence-electron chi connectivity index (χ4n) is 2.52. The number of nitro groups is 1. The topological polar surface area (TPSA) is 48.1 Å². The van der Waals surface area contributed by atoms with Crippen LogP contribution < -0.4 is 0 Å².